The van der Waals surface area contributed by atoms with Crippen LogP contribution < -0.4 is 0 Å². The SMILES string of the molecule is Cc1cc(-c2nnn(CCc3ccncc3)n2)ccc1F. The van der Waals surface area contributed by atoms with Crippen LogP contribution in [0.3, 0.4) is 0 Å². The monoisotopic (exact) mass is 283 g/mol. The van der Waals surface area contributed by atoms with E-state index in [9.17, 15) is 4.39 Å². The van der Waals surface area contributed by atoms with E-state index >= 15 is 0 Å². The highest BCUT2D eigenvalue weighted by Gasteiger charge is 2.08. The molecule has 0 saturated heterocycles. The largest absolute Gasteiger partial charge is 0.265 e. The van der Waals surface area contributed by atoms with Gasteiger partial charge in [-0.05, 0) is 60.0 Å². The van der Waals surface area contributed by atoms with Crippen LogP contribution in [0, 0.1) is 12.7 Å². The van der Waals surface area contributed by atoms with Crippen LogP contribution in [-0.4, -0.2) is 25.2 Å². The molecule has 0 N–H and O–H groups in total. The Kier molecular flexibility index (Phi) is 3.68. The van der Waals surface area contributed by atoms with E-state index in [1.807, 2.05) is 12.1 Å². The molecule has 0 amide bonds. The molecule has 0 spiro atoms. The maximum Gasteiger partial charge on any atom is 0.204 e. The third-order valence-corrected chi connectivity index (χ3v) is 3.22. The van der Waals surface area contributed by atoms with E-state index < -0.39 is 0 Å². The number of tetrazole rings is 1. The number of hydrogen-bond acceptors (Lipinski definition) is 4. The lowest BCUT2D eigenvalue weighted by atomic mass is 10.1. The number of benzene rings is 1. The number of aryl methyl sites for hydroxylation is 3. The molecule has 6 heteroatoms. The topological polar surface area (TPSA) is 56.5 Å². The second kappa shape index (κ2) is 5.78. The molecule has 0 saturated carbocycles. The average Bonchev–Trinajstić information content (AvgIpc) is 2.98. The molecule has 3 aromatic rings. The van der Waals surface area contributed by atoms with Crippen LogP contribution in [0.2, 0.25) is 0 Å². The summed E-state index contributed by atoms with van der Waals surface area (Å²) in [4.78, 5) is 5.53. The lowest BCUT2D eigenvalue weighted by molar-refractivity contribution is 0.522. The Bertz CT molecular complexity index is 739. The van der Waals surface area contributed by atoms with Crippen molar-refractivity contribution in [3.05, 3.63) is 59.7 Å². The lowest BCUT2D eigenvalue weighted by Crippen LogP contribution is -2.05. The van der Waals surface area contributed by atoms with Crippen LogP contribution >= 0.6 is 0 Å². The zero-order valence-corrected chi connectivity index (χ0v) is 11.6. The highest BCUT2D eigenvalue weighted by molar-refractivity contribution is 5.55. The molecule has 2 aromatic heterocycles. The first kappa shape index (κ1) is 13.4. The van der Waals surface area contributed by atoms with Gasteiger partial charge in [0.25, 0.3) is 0 Å². The van der Waals surface area contributed by atoms with Gasteiger partial charge in [-0.3, -0.25) is 4.98 Å². The number of nitrogens with zero attached hydrogens (tertiary/aromatic N) is 5. The summed E-state index contributed by atoms with van der Waals surface area (Å²) in [5.41, 5.74) is 2.51. The van der Waals surface area contributed by atoms with Crippen LogP contribution in [0.25, 0.3) is 11.4 Å². The quantitative estimate of drug-likeness (QED) is 0.738. The Hall–Kier alpha value is -2.63. The van der Waals surface area contributed by atoms with Gasteiger partial charge in [-0.1, -0.05) is 0 Å². The molecular weight excluding hydrogens is 269 g/mol. The van der Waals surface area contributed by atoms with Gasteiger partial charge >= 0.3 is 0 Å². The fourth-order valence-electron chi connectivity index (χ4n) is 2.02. The molecular formula is C15H14FN5. The normalized spacial score (nSPS) is 10.8. The number of hydrogen-bond donors (Lipinski definition) is 0. The minimum absolute atomic E-state index is 0.233. The summed E-state index contributed by atoms with van der Waals surface area (Å²) in [6, 6.07) is 8.72. The van der Waals surface area contributed by atoms with Crippen LogP contribution in [0.5, 0.6) is 0 Å². The highest BCUT2D eigenvalue weighted by Crippen LogP contribution is 2.17. The maximum atomic E-state index is 13.3. The minimum Gasteiger partial charge on any atom is -0.265 e. The molecule has 3 rings (SSSR count). The Balaban J connectivity index is 1.72. The van der Waals surface area contributed by atoms with Crippen molar-refractivity contribution in [1.82, 2.24) is 25.2 Å². The predicted molar refractivity (Wildman–Crippen MR) is 75.9 cm³/mol. The van der Waals surface area contributed by atoms with Crippen LogP contribution in [0.15, 0.2) is 42.7 Å². The Morgan fingerprint density at radius 3 is 2.71 bits per heavy atom. The molecule has 0 bridgehead atoms. The molecule has 1 aromatic carbocycles. The van der Waals surface area contributed by atoms with Gasteiger partial charge in [0, 0.05) is 18.0 Å². The third-order valence-electron chi connectivity index (χ3n) is 3.22. The molecule has 2 heterocycles. The molecule has 0 aliphatic heterocycles. The summed E-state index contributed by atoms with van der Waals surface area (Å²) in [6.45, 7) is 2.35. The van der Waals surface area contributed by atoms with Gasteiger partial charge in [-0.15, -0.1) is 10.2 Å². The van der Waals surface area contributed by atoms with Gasteiger partial charge in [0.2, 0.25) is 5.82 Å². The van der Waals surface area contributed by atoms with E-state index in [0.717, 1.165) is 12.0 Å². The van der Waals surface area contributed by atoms with Crippen molar-refractivity contribution in [1.29, 1.82) is 0 Å². The van der Waals surface area contributed by atoms with E-state index in [-0.39, 0.29) is 5.82 Å². The Morgan fingerprint density at radius 1 is 1.14 bits per heavy atom. The fraction of sp³-hybridized carbons (Fsp3) is 0.200. The molecule has 5 nitrogen and oxygen atoms in total. The van der Waals surface area contributed by atoms with Crippen molar-refractivity contribution in [2.24, 2.45) is 0 Å². The minimum atomic E-state index is -0.233. The van der Waals surface area contributed by atoms with E-state index in [0.29, 0.717) is 17.9 Å². The number of pyridine rings is 1. The van der Waals surface area contributed by atoms with Crippen molar-refractivity contribution < 1.29 is 4.39 Å². The zero-order chi connectivity index (χ0) is 14.7. The summed E-state index contributed by atoms with van der Waals surface area (Å²) in [5, 5.41) is 12.4. The Morgan fingerprint density at radius 2 is 1.95 bits per heavy atom. The first-order chi connectivity index (χ1) is 10.2. The summed E-state index contributed by atoms with van der Waals surface area (Å²) in [6.07, 6.45) is 4.33. The second-order valence-corrected chi connectivity index (χ2v) is 4.78. The summed E-state index contributed by atoms with van der Waals surface area (Å²) in [5.74, 6) is 0.275. The number of halogens is 1. The summed E-state index contributed by atoms with van der Waals surface area (Å²) >= 11 is 0. The molecule has 0 aliphatic carbocycles. The van der Waals surface area contributed by atoms with E-state index in [4.69, 9.17) is 0 Å². The molecule has 0 fully saturated rings. The first-order valence-corrected chi connectivity index (χ1v) is 6.65. The lowest BCUT2D eigenvalue weighted by Gasteiger charge is -2.00. The smallest absolute Gasteiger partial charge is 0.204 e. The van der Waals surface area contributed by atoms with E-state index in [1.54, 1.807) is 36.2 Å². The maximum absolute atomic E-state index is 13.3. The zero-order valence-electron chi connectivity index (χ0n) is 11.6. The van der Waals surface area contributed by atoms with Crippen LogP contribution in [-0.2, 0) is 13.0 Å². The standard InChI is InChI=1S/C15H14FN5/c1-11-10-13(2-3-14(11)16)15-18-20-21(19-15)9-6-12-4-7-17-8-5-12/h2-5,7-8,10H,6,9H2,1H3. The Labute approximate surface area is 121 Å². The highest BCUT2D eigenvalue weighted by atomic mass is 19.1. The van der Waals surface area contributed by atoms with E-state index in [1.165, 1.54) is 11.6 Å². The van der Waals surface area contributed by atoms with Crippen LogP contribution in [0.4, 0.5) is 4.39 Å². The molecule has 21 heavy (non-hydrogen) atoms. The van der Waals surface area contributed by atoms with Crippen molar-refractivity contribution in [2.45, 2.75) is 19.9 Å². The fourth-order valence-corrected chi connectivity index (χ4v) is 2.02. The van der Waals surface area contributed by atoms with Gasteiger partial charge in [0.1, 0.15) is 5.82 Å². The van der Waals surface area contributed by atoms with E-state index in [2.05, 4.69) is 20.4 Å². The van der Waals surface area contributed by atoms with Gasteiger partial charge < -0.3 is 0 Å². The van der Waals surface area contributed by atoms with Crippen molar-refractivity contribution in [3.8, 4) is 11.4 Å². The molecule has 0 radical (unpaired) electrons. The second-order valence-electron chi connectivity index (χ2n) is 4.78. The number of rotatable bonds is 4. The number of aromatic nitrogens is 5. The third kappa shape index (κ3) is 3.10. The van der Waals surface area contributed by atoms with Crippen molar-refractivity contribution in [3.63, 3.8) is 0 Å². The predicted octanol–water partition coefficient (Wildman–Crippen LogP) is 2.43. The first-order valence-electron chi connectivity index (χ1n) is 6.65. The van der Waals surface area contributed by atoms with Gasteiger partial charge in [0.15, 0.2) is 0 Å². The molecule has 0 aliphatic rings. The summed E-state index contributed by atoms with van der Waals surface area (Å²) in [7, 11) is 0. The van der Waals surface area contributed by atoms with Crippen molar-refractivity contribution in [2.75, 3.05) is 0 Å². The van der Waals surface area contributed by atoms with Crippen LogP contribution in [0.1, 0.15) is 11.1 Å². The van der Waals surface area contributed by atoms with Crippen molar-refractivity contribution >= 4 is 0 Å². The molecule has 0 atom stereocenters. The molecule has 0 unspecified atom stereocenters. The average molecular weight is 283 g/mol. The molecule has 106 valence electrons. The van der Waals surface area contributed by atoms with Gasteiger partial charge in [-0.2, -0.15) is 4.80 Å². The summed E-state index contributed by atoms with van der Waals surface area (Å²) < 4.78 is 13.3. The van der Waals surface area contributed by atoms with Gasteiger partial charge in [0.05, 0.1) is 6.54 Å². The van der Waals surface area contributed by atoms with Gasteiger partial charge in [-0.25, -0.2) is 4.39 Å².